The molecule has 3 rings (SSSR count). The van der Waals surface area contributed by atoms with Gasteiger partial charge >= 0.3 is 0 Å². The fourth-order valence-corrected chi connectivity index (χ4v) is 3.95. The second kappa shape index (κ2) is 11.1. The summed E-state index contributed by atoms with van der Waals surface area (Å²) in [5.74, 6) is 1.56. The topological polar surface area (TPSA) is 39.7 Å². The van der Waals surface area contributed by atoms with Crippen molar-refractivity contribution in [2.45, 2.75) is 19.9 Å². The Bertz CT molecular complexity index is 675. The molecule has 1 atom stereocenters. The van der Waals surface area contributed by atoms with Crippen LogP contribution in [0.2, 0.25) is 0 Å². The van der Waals surface area contributed by atoms with Crippen LogP contribution in [0.5, 0.6) is 0 Å². The van der Waals surface area contributed by atoms with Crippen LogP contribution >= 0.6 is 51.2 Å². The van der Waals surface area contributed by atoms with Gasteiger partial charge in [0.15, 0.2) is 5.96 Å². The Morgan fingerprint density at radius 1 is 1.27 bits per heavy atom. The molecule has 2 aromatic rings. The largest absolute Gasteiger partial charge is 0.371 e. The number of guanidine groups is 1. The van der Waals surface area contributed by atoms with Crippen molar-refractivity contribution in [3.8, 4) is 0 Å². The summed E-state index contributed by atoms with van der Waals surface area (Å²) in [5.41, 5.74) is 2.58. The van der Waals surface area contributed by atoms with Crippen molar-refractivity contribution in [2.24, 2.45) is 10.9 Å². The monoisotopic (exact) mass is 548 g/mol. The number of rotatable bonds is 6. The molecule has 0 radical (unpaired) electrons. The molecule has 1 aromatic heterocycles. The van der Waals surface area contributed by atoms with E-state index in [9.17, 15) is 0 Å². The zero-order valence-electron chi connectivity index (χ0n) is 15.0. The van der Waals surface area contributed by atoms with Gasteiger partial charge in [-0.3, -0.25) is 0 Å². The van der Waals surface area contributed by atoms with Gasteiger partial charge in [-0.25, -0.2) is 4.99 Å². The first-order valence-corrected chi connectivity index (χ1v) is 10.5. The molecule has 0 amide bonds. The molecule has 26 heavy (non-hydrogen) atoms. The standard InChI is InChI=1S/C19H25BrN4S.HI/c1-2-21-19(23-12-16-8-10-25-14-16)22-11-15-7-9-24(13-15)18-5-3-17(20)4-6-18;/h3-6,8,10,14-15H,2,7,9,11-13H2,1H3,(H2,21,22,23);1H. The minimum atomic E-state index is 0. The average Bonchev–Trinajstić information content (AvgIpc) is 3.30. The van der Waals surface area contributed by atoms with Gasteiger partial charge in [0, 0.05) is 36.3 Å². The van der Waals surface area contributed by atoms with Crippen molar-refractivity contribution in [3.63, 3.8) is 0 Å². The van der Waals surface area contributed by atoms with Crippen LogP contribution < -0.4 is 15.5 Å². The lowest BCUT2D eigenvalue weighted by atomic mass is 10.1. The molecule has 2 heterocycles. The molecule has 7 heteroatoms. The van der Waals surface area contributed by atoms with Crippen molar-refractivity contribution >= 4 is 62.9 Å². The summed E-state index contributed by atoms with van der Waals surface area (Å²) < 4.78 is 1.13. The molecule has 0 spiro atoms. The van der Waals surface area contributed by atoms with Crippen molar-refractivity contribution in [3.05, 3.63) is 51.1 Å². The van der Waals surface area contributed by atoms with Crippen LogP contribution in [-0.2, 0) is 6.54 Å². The smallest absolute Gasteiger partial charge is 0.191 e. The first-order valence-electron chi connectivity index (χ1n) is 8.78. The summed E-state index contributed by atoms with van der Waals surface area (Å²) in [5, 5.41) is 11.1. The molecule has 1 fully saturated rings. The summed E-state index contributed by atoms with van der Waals surface area (Å²) in [7, 11) is 0. The van der Waals surface area contributed by atoms with Gasteiger partial charge in [0.2, 0.25) is 0 Å². The van der Waals surface area contributed by atoms with E-state index in [2.05, 4.69) is 84.5 Å². The normalized spacial score (nSPS) is 17.1. The predicted octanol–water partition coefficient (Wildman–Crippen LogP) is 4.71. The maximum Gasteiger partial charge on any atom is 0.191 e. The van der Waals surface area contributed by atoms with Gasteiger partial charge in [0.05, 0.1) is 6.54 Å². The highest BCUT2D eigenvalue weighted by molar-refractivity contribution is 14.0. The number of thiophene rings is 1. The van der Waals surface area contributed by atoms with E-state index < -0.39 is 0 Å². The Morgan fingerprint density at radius 2 is 2.08 bits per heavy atom. The zero-order valence-corrected chi connectivity index (χ0v) is 19.7. The lowest BCUT2D eigenvalue weighted by Gasteiger charge is -2.19. The quantitative estimate of drug-likeness (QED) is 0.312. The van der Waals surface area contributed by atoms with Crippen molar-refractivity contribution < 1.29 is 0 Å². The van der Waals surface area contributed by atoms with E-state index in [1.165, 1.54) is 17.7 Å². The van der Waals surface area contributed by atoms with Crippen LogP contribution in [0.1, 0.15) is 18.9 Å². The van der Waals surface area contributed by atoms with Gasteiger partial charge < -0.3 is 15.5 Å². The Hall–Kier alpha value is -0.800. The molecular weight excluding hydrogens is 523 g/mol. The van der Waals surface area contributed by atoms with Crippen LogP contribution in [0.15, 0.2) is 50.6 Å². The lowest BCUT2D eigenvalue weighted by molar-refractivity contribution is 0.566. The molecule has 4 nitrogen and oxygen atoms in total. The summed E-state index contributed by atoms with van der Waals surface area (Å²) >= 11 is 5.22. The Labute approximate surface area is 185 Å². The molecule has 1 aliphatic heterocycles. The summed E-state index contributed by atoms with van der Waals surface area (Å²) in [6.45, 7) is 6.89. The second-order valence-corrected chi connectivity index (χ2v) is 7.98. The maximum atomic E-state index is 4.69. The van der Waals surface area contributed by atoms with Crippen LogP contribution in [0, 0.1) is 5.92 Å². The maximum absolute atomic E-state index is 4.69. The van der Waals surface area contributed by atoms with Crippen molar-refractivity contribution in [1.82, 2.24) is 10.6 Å². The Balaban J connectivity index is 0.00000243. The summed E-state index contributed by atoms with van der Waals surface area (Å²) in [6.07, 6.45) is 1.22. The number of hydrogen-bond donors (Lipinski definition) is 2. The number of nitrogens with zero attached hydrogens (tertiary/aromatic N) is 2. The van der Waals surface area contributed by atoms with E-state index in [1.807, 2.05) is 0 Å². The van der Waals surface area contributed by atoms with Crippen LogP contribution in [0.3, 0.4) is 0 Å². The number of nitrogens with one attached hydrogen (secondary N) is 2. The van der Waals surface area contributed by atoms with Crippen molar-refractivity contribution in [2.75, 3.05) is 31.1 Å². The average molecular weight is 549 g/mol. The fraction of sp³-hybridized carbons (Fsp3) is 0.421. The molecule has 1 saturated heterocycles. The minimum absolute atomic E-state index is 0. The number of hydrogen-bond acceptors (Lipinski definition) is 3. The number of benzene rings is 1. The predicted molar refractivity (Wildman–Crippen MR) is 127 cm³/mol. The van der Waals surface area contributed by atoms with Gasteiger partial charge in [-0.2, -0.15) is 11.3 Å². The third-order valence-corrected chi connectivity index (χ3v) is 5.64. The van der Waals surface area contributed by atoms with Crippen molar-refractivity contribution in [1.29, 1.82) is 0 Å². The molecule has 0 saturated carbocycles. The molecule has 2 N–H and O–H groups in total. The molecule has 1 aromatic carbocycles. The molecule has 0 aliphatic carbocycles. The zero-order chi connectivity index (χ0) is 17.5. The number of halogens is 2. The van der Waals surface area contributed by atoms with E-state index in [4.69, 9.17) is 0 Å². The van der Waals surface area contributed by atoms with E-state index >= 15 is 0 Å². The van der Waals surface area contributed by atoms with Crippen LogP contribution in [0.4, 0.5) is 5.69 Å². The second-order valence-electron chi connectivity index (χ2n) is 6.28. The molecule has 142 valence electrons. The lowest BCUT2D eigenvalue weighted by Crippen LogP contribution is -2.40. The first kappa shape index (κ1) is 21.5. The highest BCUT2D eigenvalue weighted by Crippen LogP contribution is 2.24. The van der Waals surface area contributed by atoms with Gasteiger partial charge in [-0.15, -0.1) is 24.0 Å². The van der Waals surface area contributed by atoms with E-state index in [1.54, 1.807) is 11.3 Å². The summed E-state index contributed by atoms with van der Waals surface area (Å²) in [4.78, 5) is 7.15. The highest BCUT2D eigenvalue weighted by Gasteiger charge is 2.22. The van der Waals surface area contributed by atoms with E-state index in [0.717, 1.165) is 43.2 Å². The fourth-order valence-electron chi connectivity index (χ4n) is 3.02. The first-order chi connectivity index (χ1) is 12.2. The molecule has 0 bridgehead atoms. The van der Waals surface area contributed by atoms with Gasteiger partial charge in [-0.05, 0) is 65.9 Å². The van der Waals surface area contributed by atoms with Gasteiger partial charge in [-0.1, -0.05) is 15.9 Å². The van der Waals surface area contributed by atoms with Crippen LogP contribution in [0.25, 0.3) is 0 Å². The molecular formula is C19H26BrIN4S. The number of anilines is 1. The Morgan fingerprint density at radius 3 is 2.77 bits per heavy atom. The van der Waals surface area contributed by atoms with Gasteiger partial charge in [0.1, 0.15) is 0 Å². The number of aliphatic imine (C=N–C) groups is 1. The third kappa shape index (κ3) is 6.42. The third-order valence-electron chi connectivity index (χ3n) is 4.38. The SMILES string of the molecule is CCNC(=NCc1ccsc1)NCC1CCN(c2ccc(Br)cc2)C1.I. The van der Waals surface area contributed by atoms with E-state index in [-0.39, 0.29) is 24.0 Å². The molecule has 1 unspecified atom stereocenters. The summed E-state index contributed by atoms with van der Waals surface area (Å²) in [6, 6.07) is 10.7. The van der Waals surface area contributed by atoms with Gasteiger partial charge in [0.25, 0.3) is 0 Å². The Kier molecular flexibility index (Phi) is 9.21. The van der Waals surface area contributed by atoms with Crippen LogP contribution in [-0.4, -0.2) is 32.1 Å². The minimum Gasteiger partial charge on any atom is -0.371 e. The molecule has 1 aliphatic rings. The van der Waals surface area contributed by atoms with E-state index in [0.29, 0.717) is 5.92 Å². The highest BCUT2D eigenvalue weighted by atomic mass is 127.